The molecule has 0 fully saturated rings. The summed E-state index contributed by atoms with van der Waals surface area (Å²) in [6.07, 6.45) is 2.67. The lowest BCUT2D eigenvalue weighted by atomic mass is 10.3. The van der Waals surface area contributed by atoms with Crippen LogP contribution in [-0.2, 0) is 4.79 Å². The van der Waals surface area contributed by atoms with Gasteiger partial charge in [-0.3, -0.25) is 4.79 Å². The zero-order chi connectivity index (χ0) is 12.1. The van der Waals surface area contributed by atoms with Crippen molar-refractivity contribution < 1.29 is 4.79 Å². The summed E-state index contributed by atoms with van der Waals surface area (Å²) in [7, 11) is 1.88. The molecule has 0 aliphatic heterocycles. The lowest BCUT2D eigenvalue weighted by Crippen LogP contribution is -2.35. The molecule has 0 atom stereocenters. The van der Waals surface area contributed by atoms with Crippen molar-refractivity contribution in [1.82, 2.24) is 21.3 Å². The van der Waals surface area contributed by atoms with Gasteiger partial charge in [0.25, 0.3) is 0 Å². The summed E-state index contributed by atoms with van der Waals surface area (Å²) in [5, 5.41) is 12.3. The van der Waals surface area contributed by atoms with Crippen molar-refractivity contribution >= 4 is 5.91 Å². The van der Waals surface area contributed by atoms with Gasteiger partial charge in [-0.1, -0.05) is 6.92 Å². The van der Waals surface area contributed by atoms with Crippen LogP contribution in [0.25, 0.3) is 0 Å². The molecular weight excluding hydrogens is 204 g/mol. The zero-order valence-corrected chi connectivity index (χ0v) is 10.6. The van der Waals surface area contributed by atoms with E-state index in [-0.39, 0.29) is 5.91 Å². The van der Waals surface area contributed by atoms with Crippen LogP contribution in [0.15, 0.2) is 0 Å². The van der Waals surface area contributed by atoms with E-state index in [4.69, 9.17) is 0 Å². The van der Waals surface area contributed by atoms with Crippen LogP contribution in [0.5, 0.6) is 0 Å². The Morgan fingerprint density at radius 2 is 1.88 bits per heavy atom. The third-order valence-electron chi connectivity index (χ3n) is 2.11. The normalized spacial score (nSPS) is 10.4. The van der Waals surface area contributed by atoms with Crippen molar-refractivity contribution in [2.75, 3.05) is 39.9 Å². The fourth-order valence-corrected chi connectivity index (χ4v) is 1.27. The third kappa shape index (κ3) is 11.4. The number of hydrogen-bond donors (Lipinski definition) is 4. The van der Waals surface area contributed by atoms with Gasteiger partial charge >= 0.3 is 0 Å². The van der Waals surface area contributed by atoms with Crippen LogP contribution in [0, 0.1) is 0 Å². The molecular formula is C11H26N4O. The summed E-state index contributed by atoms with van der Waals surface area (Å²) >= 11 is 0. The van der Waals surface area contributed by atoms with Gasteiger partial charge in [0.15, 0.2) is 0 Å². The van der Waals surface area contributed by atoms with E-state index in [0.717, 1.165) is 39.1 Å². The summed E-state index contributed by atoms with van der Waals surface area (Å²) < 4.78 is 0. The molecule has 0 aromatic heterocycles. The number of nitrogens with one attached hydrogen (secondary N) is 4. The second-order valence-corrected chi connectivity index (χ2v) is 3.73. The van der Waals surface area contributed by atoms with Gasteiger partial charge in [-0.05, 0) is 33.0 Å². The summed E-state index contributed by atoms with van der Waals surface area (Å²) in [6.45, 7) is 6.38. The maximum atomic E-state index is 11.3. The molecule has 4 N–H and O–H groups in total. The molecule has 0 bridgehead atoms. The summed E-state index contributed by atoms with van der Waals surface area (Å²) in [4.78, 5) is 11.3. The fraction of sp³-hybridized carbons (Fsp3) is 0.909. The first kappa shape index (κ1) is 15.3. The summed E-state index contributed by atoms with van der Waals surface area (Å²) in [5.74, 6) is 0.143. The van der Waals surface area contributed by atoms with E-state index in [1.807, 2.05) is 7.05 Å². The standard InChI is InChI=1S/C11H26N4O/c1-3-6-13-7-4-5-11(16)15-9-8-14-10-12-2/h12-14H,3-10H2,1-2H3,(H,15,16). The van der Waals surface area contributed by atoms with Crippen molar-refractivity contribution in [3.63, 3.8) is 0 Å². The summed E-state index contributed by atoms with van der Waals surface area (Å²) in [5.41, 5.74) is 0. The lowest BCUT2D eigenvalue weighted by molar-refractivity contribution is -0.121. The van der Waals surface area contributed by atoms with E-state index in [1.165, 1.54) is 0 Å². The molecule has 16 heavy (non-hydrogen) atoms. The molecule has 96 valence electrons. The highest BCUT2D eigenvalue weighted by molar-refractivity contribution is 5.75. The highest BCUT2D eigenvalue weighted by atomic mass is 16.1. The Morgan fingerprint density at radius 1 is 1.06 bits per heavy atom. The van der Waals surface area contributed by atoms with E-state index in [1.54, 1.807) is 0 Å². The van der Waals surface area contributed by atoms with Crippen LogP contribution >= 0.6 is 0 Å². The van der Waals surface area contributed by atoms with Crippen molar-refractivity contribution in [2.45, 2.75) is 26.2 Å². The highest BCUT2D eigenvalue weighted by Crippen LogP contribution is 1.86. The van der Waals surface area contributed by atoms with Gasteiger partial charge in [-0.15, -0.1) is 0 Å². The number of rotatable bonds is 11. The Labute approximate surface area is 98.7 Å². The van der Waals surface area contributed by atoms with Gasteiger partial charge in [0, 0.05) is 26.2 Å². The van der Waals surface area contributed by atoms with Crippen LogP contribution in [0.2, 0.25) is 0 Å². The molecule has 5 nitrogen and oxygen atoms in total. The monoisotopic (exact) mass is 230 g/mol. The van der Waals surface area contributed by atoms with E-state index in [2.05, 4.69) is 28.2 Å². The second-order valence-electron chi connectivity index (χ2n) is 3.73. The first-order valence-corrected chi connectivity index (χ1v) is 6.14. The molecule has 0 spiro atoms. The molecule has 0 aromatic rings. The molecule has 0 aliphatic carbocycles. The fourth-order valence-electron chi connectivity index (χ4n) is 1.27. The van der Waals surface area contributed by atoms with Gasteiger partial charge in [0.2, 0.25) is 5.91 Å². The average molecular weight is 230 g/mol. The molecule has 0 saturated heterocycles. The van der Waals surface area contributed by atoms with E-state index in [9.17, 15) is 4.79 Å². The SMILES string of the molecule is CCCNCCCC(=O)NCCNCNC. The quantitative estimate of drug-likeness (QED) is 0.289. The van der Waals surface area contributed by atoms with Crippen LogP contribution in [0.4, 0.5) is 0 Å². The molecule has 0 rings (SSSR count). The van der Waals surface area contributed by atoms with Gasteiger partial charge in [0.05, 0.1) is 0 Å². The predicted molar refractivity (Wildman–Crippen MR) is 67.3 cm³/mol. The van der Waals surface area contributed by atoms with E-state index >= 15 is 0 Å². The van der Waals surface area contributed by atoms with Crippen LogP contribution < -0.4 is 21.3 Å². The van der Waals surface area contributed by atoms with Crippen LogP contribution in [0.1, 0.15) is 26.2 Å². The molecule has 1 amide bonds. The third-order valence-corrected chi connectivity index (χ3v) is 2.11. The maximum absolute atomic E-state index is 11.3. The largest absolute Gasteiger partial charge is 0.355 e. The van der Waals surface area contributed by atoms with E-state index < -0.39 is 0 Å². The number of carbonyl (C=O) groups is 1. The van der Waals surface area contributed by atoms with E-state index in [0.29, 0.717) is 13.0 Å². The van der Waals surface area contributed by atoms with Crippen molar-refractivity contribution in [3.8, 4) is 0 Å². The Morgan fingerprint density at radius 3 is 2.56 bits per heavy atom. The Hall–Kier alpha value is -0.650. The minimum atomic E-state index is 0.143. The van der Waals surface area contributed by atoms with Gasteiger partial charge < -0.3 is 21.3 Å². The van der Waals surface area contributed by atoms with Gasteiger partial charge in [-0.2, -0.15) is 0 Å². The molecule has 0 saturated carbocycles. The molecule has 0 unspecified atom stereocenters. The van der Waals surface area contributed by atoms with Gasteiger partial charge in [-0.25, -0.2) is 0 Å². The molecule has 0 aliphatic rings. The number of amides is 1. The lowest BCUT2D eigenvalue weighted by Gasteiger charge is -2.06. The molecule has 0 heterocycles. The molecule has 0 aromatic carbocycles. The molecule has 0 radical (unpaired) electrons. The van der Waals surface area contributed by atoms with Crippen LogP contribution in [-0.4, -0.2) is 45.8 Å². The van der Waals surface area contributed by atoms with Crippen molar-refractivity contribution in [3.05, 3.63) is 0 Å². The Kier molecular flexibility index (Phi) is 11.9. The minimum absolute atomic E-state index is 0.143. The number of hydrogen-bond acceptors (Lipinski definition) is 4. The van der Waals surface area contributed by atoms with Crippen LogP contribution in [0.3, 0.4) is 0 Å². The number of carbonyl (C=O) groups excluding carboxylic acids is 1. The predicted octanol–water partition coefficient (Wildman–Crippen LogP) is -0.351. The maximum Gasteiger partial charge on any atom is 0.220 e. The average Bonchev–Trinajstić information content (AvgIpc) is 2.28. The second kappa shape index (κ2) is 12.4. The smallest absolute Gasteiger partial charge is 0.220 e. The Balaban J connectivity index is 3.12. The first-order valence-electron chi connectivity index (χ1n) is 6.14. The molecule has 5 heteroatoms. The Bertz CT molecular complexity index is 148. The topological polar surface area (TPSA) is 65.2 Å². The first-order chi connectivity index (χ1) is 7.81. The minimum Gasteiger partial charge on any atom is -0.355 e. The summed E-state index contributed by atoms with van der Waals surface area (Å²) in [6, 6.07) is 0. The van der Waals surface area contributed by atoms with Gasteiger partial charge in [0.1, 0.15) is 0 Å². The zero-order valence-electron chi connectivity index (χ0n) is 10.6. The van der Waals surface area contributed by atoms with Crippen molar-refractivity contribution in [1.29, 1.82) is 0 Å². The van der Waals surface area contributed by atoms with Crippen molar-refractivity contribution in [2.24, 2.45) is 0 Å². The highest BCUT2D eigenvalue weighted by Gasteiger charge is 1.99.